The van der Waals surface area contributed by atoms with Gasteiger partial charge in [-0.15, -0.1) is 0 Å². The molecule has 0 radical (unpaired) electrons. The zero-order valence-electron chi connectivity index (χ0n) is 11.4. The van der Waals surface area contributed by atoms with Crippen LogP contribution in [0.5, 0.6) is 0 Å². The molecule has 1 nitrogen and oxygen atoms in total. The quantitative estimate of drug-likeness (QED) is 0.561. The third kappa shape index (κ3) is 3.67. The van der Waals surface area contributed by atoms with E-state index in [1.165, 1.54) is 11.1 Å². The summed E-state index contributed by atoms with van der Waals surface area (Å²) in [4.78, 5) is 4.36. The molecule has 0 aliphatic heterocycles. The number of halogens is 1. The first kappa shape index (κ1) is 13.8. The lowest BCUT2D eigenvalue weighted by atomic mass is 10.1. The number of nitrogens with zero attached hydrogens (tertiary/aromatic N) is 1. The van der Waals surface area contributed by atoms with Crippen molar-refractivity contribution in [1.82, 2.24) is 4.98 Å². The van der Waals surface area contributed by atoms with Gasteiger partial charge in [0.05, 0.1) is 5.69 Å². The first-order valence-corrected chi connectivity index (χ1v) is 7.56. The number of pyridine rings is 1. The maximum atomic E-state index is 4.36. The summed E-state index contributed by atoms with van der Waals surface area (Å²) >= 11 is 3.44. The fourth-order valence-corrected chi connectivity index (χ4v) is 2.33. The van der Waals surface area contributed by atoms with E-state index in [1.807, 2.05) is 36.5 Å². The third-order valence-electron chi connectivity index (χ3n) is 3.21. The molecule has 0 aliphatic rings. The highest BCUT2D eigenvalue weighted by Crippen LogP contribution is 2.18. The molecule has 21 heavy (non-hydrogen) atoms. The monoisotopic (exact) mass is 335 g/mol. The molecule has 0 amide bonds. The second-order valence-electron chi connectivity index (χ2n) is 4.72. The number of rotatable bonds is 3. The Hall–Kier alpha value is -2.19. The van der Waals surface area contributed by atoms with Crippen LogP contribution >= 0.6 is 15.9 Å². The molecule has 0 N–H and O–H groups in total. The second-order valence-corrected chi connectivity index (χ2v) is 5.64. The summed E-state index contributed by atoms with van der Waals surface area (Å²) < 4.78 is 1.10. The van der Waals surface area contributed by atoms with Crippen molar-refractivity contribution < 1.29 is 0 Å². The van der Waals surface area contributed by atoms with Crippen LogP contribution in [0.3, 0.4) is 0 Å². The molecule has 3 rings (SSSR count). The van der Waals surface area contributed by atoms with Crippen molar-refractivity contribution in [3.63, 3.8) is 0 Å². The maximum absolute atomic E-state index is 4.36. The summed E-state index contributed by atoms with van der Waals surface area (Å²) in [5, 5.41) is 0. The summed E-state index contributed by atoms with van der Waals surface area (Å²) in [6.07, 6.45) is 6.05. The molecule has 0 bridgehead atoms. The van der Waals surface area contributed by atoms with Gasteiger partial charge >= 0.3 is 0 Å². The molecule has 2 aromatic carbocycles. The summed E-state index contributed by atoms with van der Waals surface area (Å²) in [5.41, 5.74) is 4.50. The van der Waals surface area contributed by atoms with Gasteiger partial charge in [0, 0.05) is 16.2 Å². The Morgan fingerprint density at radius 2 is 1.33 bits per heavy atom. The van der Waals surface area contributed by atoms with E-state index >= 15 is 0 Å². The Bertz CT molecular complexity index is 729. The smallest absolute Gasteiger partial charge is 0.0701 e. The minimum Gasteiger partial charge on any atom is -0.256 e. The second kappa shape index (κ2) is 6.51. The molecular formula is C19H14BrN. The molecule has 0 atom stereocenters. The Morgan fingerprint density at radius 1 is 0.714 bits per heavy atom. The average Bonchev–Trinajstić information content (AvgIpc) is 2.56. The van der Waals surface area contributed by atoms with Gasteiger partial charge in [-0.25, -0.2) is 0 Å². The van der Waals surface area contributed by atoms with Crippen LogP contribution in [0.4, 0.5) is 0 Å². The standard InChI is InChI=1S/C19H14BrN/c20-18-12-8-16(9-13-18)5-4-15-6-10-17(11-7-15)19-3-1-2-14-21-19/h1-14H. The van der Waals surface area contributed by atoms with E-state index in [0.717, 1.165) is 15.7 Å². The van der Waals surface area contributed by atoms with Gasteiger partial charge in [-0.2, -0.15) is 0 Å². The minimum atomic E-state index is 1.00. The van der Waals surface area contributed by atoms with Gasteiger partial charge in [-0.05, 0) is 35.4 Å². The molecule has 0 spiro atoms. The summed E-state index contributed by atoms with van der Waals surface area (Å²) in [6.45, 7) is 0. The fraction of sp³-hybridized carbons (Fsp3) is 0. The van der Waals surface area contributed by atoms with Crippen LogP contribution in [0.15, 0.2) is 77.4 Å². The van der Waals surface area contributed by atoms with Crippen molar-refractivity contribution in [3.8, 4) is 11.3 Å². The normalized spacial score (nSPS) is 10.9. The van der Waals surface area contributed by atoms with Crippen molar-refractivity contribution in [1.29, 1.82) is 0 Å². The Kier molecular flexibility index (Phi) is 4.27. The lowest BCUT2D eigenvalue weighted by Gasteiger charge is -2.01. The van der Waals surface area contributed by atoms with Crippen LogP contribution in [-0.4, -0.2) is 4.98 Å². The largest absolute Gasteiger partial charge is 0.256 e. The van der Waals surface area contributed by atoms with Crippen LogP contribution in [0.25, 0.3) is 23.4 Å². The van der Waals surface area contributed by atoms with Gasteiger partial charge in [0.15, 0.2) is 0 Å². The first-order valence-electron chi connectivity index (χ1n) is 6.76. The van der Waals surface area contributed by atoms with Crippen molar-refractivity contribution in [2.75, 3.05) is 0 Å². The Labute approximate surface area is 133 Å². The molecule has 3 aromatic rings. The molecule has 0 fully saturated rings. The summed E-state index contributed by atoms with van der Waals surface area (Å²) in [6, 6.07) is 22.6. The number of hydrogen-bond acceptors (Lipinski definition) is 1. The van der Waals surface area contributed by atoms with Gasteiger partial charge in [0.2, 0.25) is 0 Å². The van der Waals surface area contributed by atoms with Gasteiger partial charge in [0.1, 0.15) is 0 Å². The molecule has 0 saturated heterocycles. The number of benzene rings is 2. The molecular weight excluding hydrogens is 322 g/mol. The molecule has 102 valence electrons. The Morgan fingerprint density at radius 3 is 1.90 bits per heavy atom. The molecule has 1 aromatic heterocycles. The zero-order valence-corrected chi connectivity index (χ0v) is 13.0. The van der Waals surface area contributed by atoms with E-state index in [0.29, 0.717) is 0 Å². The van der Waals surface area contributed by atoms with Crippen LogP contribution in [-0.2, 0) is 0 Å². The molecule has 0 aliphatic carbocycles. The Balaban J connectivity index is 1.77. The van der Waals surface area contributed by atoms with E-state index < -0.39 is 0 Å². The number of hydrogen-bond donors (Lipinski definition) is 0. The van der Waals surface area contributed by atoms with E-state index in [1.54, 1.807) is 0 Å². The lowest BCUT2D eigenvalue weighted by Crippen LogP contribution is -1.81. The van der Waals surface area contributed by atoms with Crippen molar-refractivity contribution >= 4 is 28.1 Å². The summed E-state index contributed by atoms with van der Waals surface area (Å²) in [5.74, 6) is 0. The SMILES string of the molecule is Brc1ccc(C=Cc2ccc(-c3ccccn3)cc2)cc1. The van der Waals surface area contributed by atoms with Gasteiger partial charge in [0.25, 0.3) is 0 Å². The highest BCUT2D eigenvalue weighted by molar-refractivity contribution is 9.10. The summed E-state index contributed by atoms with van der Waals surface area (Å²) in [7, 11) is 0. The van der Waals surface area contributed by atoms with E-state index in [4.69, 9.17) is 0 Å². The number of aromatic nitrogens is 1. The van der Waals surface area contributed by atoms with Crippen molar-refractivity contribution in [2.45, 2.75) is 0 Å². The van der Waals surface area contributed by atoms with Gasteiger partial charge in [-0.1, -0.05) is 70.5 Å². The minimum absolute atomic E-state index is 1.00. The van der Waals surface area contributed by atoms with Crippen LogP contribution in [0.1, 0.15) is 11.1 Å². The van der Waals surface area contributed by atoms with Crippen LogP contribution in [0, 0.1) is 0 Å². The molecule has 2 heteroatoms. The average molecular weight is 336 g/mol. The first-order chi connectivity index (χ1) is 10.3. The molecule has 1 heterocycles. The van der Waals surface area contributed by atoms with Crippen molar-refractivity contribution in [3.05, 3.63) is 88.5 Å². The van der Waals surface area contributed by atoms with Gasteiger partial charge in [-0.3, -0.25) is 4.98 Å². The predicted octanol–water partition coefficient (Wildman–Crippen LogP) is 5.68. The van der Waals surface area contributed by atoms with Gasteiger partial charge < -0.3 is 0 Å². The highest BCUT2D eigenvalue weighted by atomic mass is 79.9. The van der Waals surface area contributed by atoms with Crippen molar-refractivity contribution in [2.24, 2.45) is 0 Å². The highest BCUT2D eigenvalue weighted by Gasteiger charge is 1.97. The van der Waals surface area contributed by atoms with E-state index in [-0.39, 0.29) is 0 Å². The van der Waals surface area contributed by atoms with Crippen LogP contribution < -0.4 is 0 Å². The fourth-order valence-electron chi connectivity index (χ4n) is 2.06. The zero-order chi connectivity index (χ0) is 14.5. The molecule has 0 unspecified atom stereocenters. The molecule has 0 saturated carbocycles. The van der Waals surface area contributed by atoms with Crippen LogP contribution in [0.2, 0.25) is 0 Å². The topological polar surface area (TPSA) is 12.9 Å². The predicted molar refractivity (Wildman–Crippen MR) is 92.7 cm³/mol. The van der Waals surface area contributed by atoms with E-state index in [2.05, 4.69) is 69.5 Å². The maximum Gasteiger partial charge on any atom is 0.0701 e. The lowest BCUT2D eigenvalue weighted by molar-refractivity contribution is 1.33. The van der Waals surface area contributed by atoms with E-state index in [9.17, 15) is 0 Å². The third-order valence-corrected chi connectivity index (χ3v) is 3.74.